The number of carbonyl (C=O) groups excluding carboxylic acids is 1. The quantitative estimate of drug-likeness (QED) is 0.411. The number of rotatable bonds is 5. The molecule has 2 aromatic rings. The topological polar surface area (TPSA) is 111 Å². The predicted molar refractivity (Wildman–Crippen MR) is 121 cm³/mol. The summed E-state index contributed by atoms with van der Waals surface area (Å²) in [5, 5.41) is 14.4. The molecule has 1 heterocycles. The monoisotopic (exact) mass is 434 g/mol. The molecule has 3 N–H and O–H groups in total. The lowest BCUT2D eigenvalue weighted by Crippen LogP contribution is -2.39. The van der Waals surface area contributed by atoms with Gasteiger partial charge in [-0.1, -0.05) is 13.8 Å². The Morgan fingerprint density at radius 2 is 1.87 bits per heavy atom. The number of halogens is 1. The van der Waals surface area contributed by atoms with E-state index in [0.29, 0.717) is 34.6 Å². The molecule has 0 aliphatic carbocycles. The number of hydrogen-bond donors (Lipinski definition) is 2. The Kier molecular flexibility index (Phi) is 7.50. The van der Waals surface area contributed by atoms with Crippen LogP contribution < -0.4 is 20.7 Å². The summed E-state index contributed by atoms with van der Waals surface area (Å²) in [4.78, 5) is 26.0. The minimum atomic E-state index is -0.472. The molecule has 8 nitrogen and oxygen atoms in total. The molecule has 30 heavy (non-hydrogen) atoms. The fourth-order valence-electron chi connectivity index (χ4n) is 3.90. The lowest BCUT2D eigenvalue weighted by molar-refractivity contribution is -0.384. The van der Waals surface area contributed by atoms with Crippen molar-refractivity contribution < 1.29 is 14.5 Å². The van der Waals surface area contributed by atoms with E-state index in [0.717, 1.165) is 19.5 Å². The minimum absolute atomic E-state index is 0. The average Bonchev–Trinajstić information content (AvgIpc) is 2.68. The van der Waals surface area contributed by atoms with Crippen molar-refractivity contribution in [1.29, 1.82) is 0 Å². The SMILES string of the molecule is COc1ccc(N)c(NC(=O)c2ccc(N3CC(C)CC(C)C3)c([N+](=O)[O-])c2)c1.Cl. The van der Waals surface area contributed by atoms with Crippen LogP contribution in [0.4, 0.5) is 22.7 Å². The van der Waals surface area contributed by atoms with E-state index < -0.39 is 10.8 Å². The first-order valence-electron chi connectivity index (χ1n) is 9.56. The van der Waals surface area contributed by atoms with Gasteiger partial charge in [-0.3, -0.25) is 14.9 Å². The van der Waals surface area contributed by atoms with Gasteiger partial charge in [0.15, 0.2) is 0 Å². The fraction of sp³-hybridized carbons (Fsp3) is 0.381. The maximum atomic E-state index is 12.7. The molecular formula is C21H27ClN4O4. The van der Waals surface area contributed by atoms with Gasteiger partial charge in [-0.15, -0.1) is 12.4 Å². The van der Waals surface area contributed by atoms with E-state index >= 15 is 0 Å². The second-order valence-corrected chi connectivity index (χ2v) is 7.72. The Balaban J connectivity index is 0.00000320. The highest BCUT2D eigenvalue weighted by molar-refractivity contribution is 6.06. The van der Waals surface area contributed by atoms with E-state index in [-0.39, 0.29) is 23.7 Å². The number of nitrogen functional groups attached to an aromatic ring is 1. The van der Waals surface area contributed by atoms with Crippen LogP contribution in [0.5, 0.6) is 5.75 Å². The van der Waals surface area contributed by atoms with E-state index in [1.54, 1.807) is 30.3 Å². The van der Waals surface area contributed by atoms with E-state index in [4.69, 9.17) is 10.5 Å². The van der Waals surface area contributed by atoms with Crippen molar-refractivity contribution in [3.05, 3.63) is 52.1 Å². The predicted octanol–water partition coefficient (Wildman–Crippen LogP) is 4.34. The van der Waals surface area contributed by atoms with Crippen LogP contribution in [-0.2, 0) is 0 Å². The van der Waals surface area contributed by atoms with Crippen molar-refractivity contribution in [3.8, 4) is 5.75 Å². The molecule has 1 aliphatic heterocycles. The highest BCUT2D eigenvalue weighted by atomic mass is 35.5. The number of nitrogens with two attached hydrogens (primary N) is 1. The number of ether oxygens (including phenoxy) is 1. The molecule has 1 aliphatic rings. The Hall–Kier alpha value is -3.00. The third-order valence-corrected chi connectivity index (χ3v) is 5.15. The number of hydrogen-bond acceptors (Lipinski definition) is 6. The van der Waals surface area contributed by atoms with Gasteiger partial charge in [0.2, 0.25) is 0 Å². The van der Waals surface area contributed by atoms with Crippen molar-refractivity contribution in [2.45, 2.75) is 20.3 Å². The van der Waals surface area contributed by atoms with Crippen molar-refractivity contribution in [1.82, 2.24) is 0 Å². The van der Waals surface area contributed by atoms with Gasteiger partial charge in [-0.2, -0.15) is 0 Å². The molecule has 3 rings (SSSR count). The zero-order valence-electron chi connectivity index (χ0n) is 17.3. The number of nitrogens with one attached hydrogen (secondary N) is 1. The van der Waals surface area contributed by atoms with Crippen LogP contribution in [0.2, 0.25) is 0 Å². The maximum Gasteiger partial charge on any atom is 0.293 e. The normalized spacial score (nSPS) is 18.3. The van der Waals surface area contributed by atoms with Crippen LogP contribution in [0.15, 0.2) is 36.4 Å². The summed E-state index contributed by atoms with van der Waals surface area (Å²) in [6.07, 6.45) is 1.10. The summed E-state index contributed by atoms with van der Waals surface area (Å²) < 4.78 is 5.15. The fourth-order valence-corrected chi connectivity index (χ4v) is 3.90. The van der Waals surface area contributed by atoms with Gasteiger partial charge in [0.25, 0.3) is 11.6 Å². The van der Waals surface area contributed by atoms with Gasteiger partial charge in [0.1, 0.15) is 11.4 Å². The number of anilines is 3. The van der Waals surface area contributed by atoms with Gasteiger partial charge in [0, 0.05) is 30.8 Å². The molecular weight excluding hydrogens is 408 g/mol. The van der Waals surface area contributed by atoms with Crippen LogP contribution in [0.3, 0.4) is 0 Å². The minimum Gasteiger partial charge on any atom is -0.497 e. The standard InChI is InChI=1S/C21H26N4O4.ClH/c1-13-8-14(2)12-24(11-13)19-7-4-15(9-20(19)25(27)28)21(26)23-18-10-16(29-3)5-6-17(18)22;/h4-7,9-10,13-14H,8,11-12,22H2,1-3H3,(H,23,26);1H. The van der Waals surface area contributed by atoms with Crippen molar-refractivity contribution in [2.24, 2.45) is 11.8 Å². The number of nitro benzene ring substituents is 1. The number of methoxy groups -OCH3 is 1. The number of amides is 1. The summed E-state index contributed by atoms with van der Waals surface area (Å²) in [6.45, 7) is 5.82. The Bertz CT molecular complexity index is 927. The highest BCUT2D eigenvalue weighted by Crippen LogP contribution is 2.34. The Morgan fingerprint density at radius 3 is 2.47 bits per heavy atom. The number of piperidine rings is 1. The zero-order valence-corrected chi connectivity index (χ0v) is 18.1. The molecule has 2 atom stereocenters. The van der Waals surface area contributed by atoms with Crippen molar-refractivity contribution in [3.63, 3.8) is 0 Å². The molecule has 1 saturated heterocycles. The van der Waals surface area contributed by atoms with Gasteiger partial charge in [-0.25, -0.2) is 0 Å². The molecule has 0 radical (unpaired) electrons. The number of nitrogens with zero attached hydrogens (tertiary/aromatic N) is 2. The van der Waals surface area contributed by atoms with E-state index in [1.165, 1.54) is 13.2 Å². The second kappa shape index (κ2) is 9.67. The molecule has 162 valence electrons. The molecule has 1 amide bonds. The second-order valence-electron chi connectivity index (χ2n) is 7.72. The molecule has 0 spiro atoms. The van der Waals surface area contributed by atoms with E-state index in [1.807, 2.05) is 4.90 Å². The summed E-state index contributed by atoms with van der Waals surface area (Å²) >= 11 is 0. The van der Waals surface area contributed by atoms with Crippen LogP contribution in [0, 0.1) is 22.0 Å². The zero-order chi connectivity index (χ0) is 21.1. The van der Waals surface area contributed by atoms with Gasteiger partial charge in [-0.05, 0) is 42.5 Å². The number of benzene rings is 2. The molecule has 0 saturated carbocycles. The lowest BCUT2D eigenvalue weighted by atomic mass is 9.91. The average molecular weight is 435 g/mol. The van der Waals surface area contributed by atoms with Gasteiger partial charge >= 0.3 is 0 Å². The summed E-state index contributed by atoms with van der Waals surface area (Å²) in [5.74, 6) is 0.985. The van der Waals surface area contributed by atoms with E-state index in [2.05, 4.69) is 19.2 Å². The van der Waals surface area contributed by atoms with Gasteiger partial charge < -0.3 is 20.7 Å². The highest BCUT2D eigenvalue weighted by Gasteiger charge is 2.28. The van der Waals surface area contributed by atoms with E-state index in [9.17, 15) is 14.9 Å². The van der Waals surface area contributed by atoms with Crippen molar-refractivity contribution >= 4 is 41.1 Å². The maximum absolute atomic E-state index is 12.7. The van der Waals surface area contributed by atoms with Crippen molar-refractivity contribution in [2.75, 3.05) is 36.1 Å². The third-order valence-electron chi connectivity index (χ3n) is 5.15. The summed E-state index contributed by atoms with van der Waals surface area (Å²) in [5.41, 5.74) is 7.35. The number of carbonyl (C=O) groups is 1. The van der Waals surface area contributed by atoms with Crippen LogP contribution in [-0.4, -0.2) is 31.0 Å². The Labute approximate surface area is 181 Å². The number of nitro groups is 1. The molecule has 0 bridgehead atoms. The molecule has 9 heteroatoms. The largest absolute Gasteiger partial charge is 0.497 e. The molecule has 2 aromatic carbocycles. The summed E-state index contributed by atoms with van der Waals surface area (Å²) in [7, 11) is 1.52. The van der Waals surface area contributed by atoms with Crippen LogP contribution >= 0.6 is 12.4 Å². The van der Waals surface area contributed by atoms with Crippen LogP contribution in [0.25, 0.3) is 0 Å². The molecule has 2 unspecified atom stereocenters. The Morgan fingerprint density at radius 1 is 1.20 bits per heavy atom. The lowest BCUT2D eigenvalue weighted by Gasteiger charge is -2.36. The first-order valence-corrected chi connectivity index (χ1v) is 9.56. The van der Waals surface area contributed by atoms with Gasteiger partial charge in [0.05, 0.1) is 23.4 Å². The first kappa shape index (κ1) is 23.3. The van der Waals surface area contributed by atoms with Crippen LogP contribution in [0.1, 0.15) is 30.6 Å². The molecule has 1 fully saturated rings. The summed E-state index contributed by atoms with van der Waals surface area (Å²) in [6, 6.07) is 9.51. The first-order chi connectivity index (χ1) is 13.8. The molecule has 0 aromatic heterocycles. The third kappa shape index (κ3) is 5.13. The smallest absolute Gasteiger partial charge is 0.293 e.